The van der Waals surface area contributed by atoms with Crippen LogP contribution in [0.15, 0.2) is 23.5 Å². The molecule has 0 unspecified atom stereocenters. The molecule has 0 atom stereocenters. The first-order chi connectivity index (χ1) is 4.74. The highest BCUT2D eigenvalue weighted by molar-refractivity contribution is 7.11. The summed E-state index contributed by atoms with van der Waals surface area (Å²) in [5.74, 6) is 0. The first-order valence-electron chi connectivity index (χ1n) is 2.71. The zero-order valence-corrected chi connectivity index (χ0v) is 8.01. The Hall–Kier alpha value is -0.250. The summed E-state index contributed by atoms with van der Waals surface area (Å²) in [6.45, 7) is 4.05. The van der Waals surface area contributed by atoms with E-state index in [-0.39, 0.29) is 18.0 Å². The smallest absolute Gasteiger partial charge is 0.262 e. The minimum Gasteiger partial charge on any atom is -0.268 e. The summed E-state index contributed by atoms with van der Waals surface area (Å²) in [4.78, 5) is 10.9. The molecule has 62 valence electrons. The molecule has 0 saturated carbocycles. The number of hydrogen-bond donors (Lipinski definition) is 0. The number of allylic oxidation sites excluding steroid dienone is 1. The zero-order valence-electron chi connectivity index (χ0n) is 5.62. The van der Waals surface area contributed by atoms with Crippen molar-refractivity contribution in [1.82, 2.24) is 3.96 Å². The Balaban J connectivity index is 0.000001000. The van der Waals surface area contributed by atoms with E-state index in [2.05, 4.69) is 6.58 Å². The molecule has 2 nitrogen and oxygen atoms in total. The van der Waals surface area contributed by atoms with Crippen molar-refractivity contribution in [3.05, 3.63) is 33.4 Å². The lowest BCUT2D eigenvalue weighted by Gasteiger charge is -1.89. The monoisotopic (exact) mass is 211 g/mol. The molecule has 1 aromatic heterocycles. The lowest BCUT2D eigenvalue weighted by molar-refractivity contribution is 0.878. The SMILES string of the molecule is C=CCn1sc(Cl)cc1=O.Cl. The molecule has 1 aromatic rings. The van der Waals surface area contributed by atoms with Crippen LogP contribution in [-0.4, -0.2) is 3.96 Å². The summed E-state index contributed by atoms with van der Waals surface area (Å²) in [6.07, 6.45) is 1.66. The second-order valence-corrected chi connectivity index (χ2v) is 3.42. The van der Waals surface area contributed by atoms with Crippen LogP contribution >= 0.6 is 35.5 Å². The predicted octanol–water partition coefficient (Wildman–Crippen LogP) is 2.17. The molecule has 0 spiro atoms. The molecule has 0 aromatic carbocycles. The topological polar surface area (TPSA) is 22.0 Å². The molecule has 0 bridgehead atoms. The minimum absolute atomic E-state index is 0. The third-order valence-corrected chi connectivity index (χ3v) is 2.13. The van der Waals surface area contributed by atoms with Crippen LogP contribution in [0, 0.1) is 0 Å². The maximum atomic E-state index is 10.9. The van der Waals surface area contributed by atoms with Gasteiger partial charge >= 0.3 is 0 Å². The van der Waals surface area contributed by atoms with Gasteiger partial charge in [-0.3, -0.25) is 8.75 Å². The molecular formula is C6H7Cl2NOS. The lowest BCUT2D eigenvalue weighted by atomic mass is 10.6. The quantitative estimate of drug-likeness (QED) is 0.688. The molecule has 0 saturated heterocycles. The van der Waals surface area contributed by atoms with Gasteiger partial charge in [-0.2, -0.15) is 0 Å². The molecule has 0 radical (unpaired) electrons. The number of hydrogen-bond acceptors (Lipinski definition) is 2. The Morgan fingerprint density at radius 2 is 2.45 bits per heavy atom. The van der Waals surface area contributed by atoms with Gasteiger partial charge in [-0.05, 0) is 11.5 Å². The van der Waals surface area contributed by atoms with Crippen molar-refractivity contribution in [2.24, 2.45) is 0 Å². The van der Waals surface area contributed by atoms with Gasteiger partial charge in [-0.1, -0.05) is 17.7 Å². The van der Waals surface area contributed by atoms with E-state index in [1.54, 1.807) is 6.08 Å². The predicted molar refractivity (Wildman–Crippen MR) is 51.0 cm³/mol. The Morgan fingerprint density at radius 3 is 2.82 bits per heavy atom. The maximum absolute atomic E-state index is 10.9. The zero-order chi connectivity index (χ0) is 7.56. The third kappa shape index (κ3) is 2.69. The molecule has 0 aliphatic heterocycles. The van der Waals surface area contributed by atoms with E-state index in [4.69, 9.17) is 11.6 Å². The van der Waals surface area contributed by atoms with Gasteiger partial charge in [0.05, 0.1) is 6.54 Å². The van der Waals surface area contributed by atoms with Crippen molar-refractivity contribution in [2.45, 2.75) is 6.54 Å². The van der Waals surface area contributed by atoms with Crippen molar-refractivity contribution in [3.63, 3.8) is 0 Å². The summed E-state index contributed by atoms with van der Waals surface area (Å²) < 4.78 is 2.06. The van der Waals surface area contributed by atoms with Crippen LogP contribution in [-0.2, 0) is 6.54 Å². The van der Waals surface area contributed by atoms with Crippen molar-refractivity contribution in [1.29, 1.82) is 0 Å². The average molecular weight is 212 g/mol. The molecule has 1 rings (SSSR count). The number of rotatable bonds is 2. The van der Waals surface area contributed by atoms with E-state index >= 15 is 0 Å². The highest BCUT2D eigenvalue weighted by Crippen LogP contribution is 2.11. The Bertz CT molecular complexity index is 291. The van der Waals surface area contributed by atoms with Gasteiger partial charge in [0.15, 0.2) is 0 Å². The number of nitrogens with zero attached hydrogens (tertiary/aromatic N) is 1. The van der Waals surface area contributed by atoms with E-state index in [0.29, 0.717) is 10.9 Å². The lowest BCUT2D eigenvalue weighted by Crippen LogP contribution is -2.09. The van der Waals surface area contributed by atoms with Crippen LogP contribution in [0.5, 0.6) is 0 Å². The van der Waals surface area contributed by atoms with Gasteiger partial charge in [-0.25, -0.2) is 0 Å². The third-order valence-electron chi connectivity index (χ3n) is 0.975. The van der Waals surface area contributed by atoms with Gasteiger partial charge in [0.25, 0.3) is 5.56 Å². The van der Waals surface area contributed by atoms with E-state index in [9.17, 15) is 4.79 Å². The Labute approximate surface area is 79.7 Å². The molecule has 0 aliphatic carbocycles. The molecule has 1 heterocycles. The number of halogens is 2. The van der Waals surface area contributed by atoms with Crippen LogP contribution in [0.25, 0.3) is 0 Å². The fraction of sp³-hybridized carbons (Fsp3) is 0.167. The van der Waals surface area contributed by atoms with Gasteiger partial charge in [0, 0.05) is 6.07 Å². The fourth-order valence-corrected chi connectivity index (χ4v) is 1.62. The average Bonchev–Trinajstić information content (AvgIpc) is 2.13. The fourth-order valence-electron chi connectivity index (χ4n) is 0.590. The minimum atomic E-state index is -0.0603. The largest absolute Gasteiger partial charge is 0.268 e. The molecule has 0 amide bonds. The van der Waals surface area contributed by atoms with Crippen molar-refractivity contribution >= 4 is 35.5 Å². The molecule has 0 N–H and O–H groups in total. The molecule has 5 heteroatoms. The van der Waals surface area contributed by atoms with Crippen LogP contribution in [0.3, 0.4) is 0 Å². The van der Waals surface area contributed by atoms with Gasteiger partial charge in [-0.15, -0.1) is 19.0 Å². The summed E-state index contributed by atoms with van der Waals surface area (Å²) in [6, 6.07) is 1.40. The highest BCUT2D eigenvalue weighted by atomic mass is 35.5. The van der Waals surface area contributed by atoms with Crippen LogP contribution in [0.4, 0.5) is 0 Å². The second kappa shape index (κ2) is 4.59. The summed E-state index contributed by atoms with van der Waals surface area (Å²) in [5, 5.41) is 0. The Kier molecular flexibility index (Phi) is 4.49. The van der Waals surface area contributed by atoms with Gasteiger partial charge in [0.1, 0.15) is 4.34 Å². The normalized spacial score (nSPS) is 8.82. The van der Waals surface area contributed by atoms with E-state index < -0.39 is 0 Å². The first kappa shape index (κ1) is 10.8. The summed E-state index contributed by atoms with van der Waals surface area (Å²) in [7, 11) is 0. The summed E-state index contributed by atoms with van der Waals surface area (Å²) >= 11 is 6.80. The van der Waals surface area contributed by atoms with E-state index in [1.165, 1.54) is 21.6 Å². The van der Waals surface area contributed by atoms with E-state index in [0.717, 1.165) is 0 Å². The molecule has 0 aliphatic rings. The number of aromatic nitrogens is 1. The molecule has 11 heavy (non-hydrogen) atoms. The maximum Gasteiger partial charge on any atom is 0.262 e. The van der Waals surface area contributed by atoms with Gasteiger partial charge in [0.2, 0.25) is 0 Å². The van der Waals surface area contributed by atoms with Gasteiger partial charge < -0.3 is 0 Å². The van der Waals surface area contributed by atoms with Crippen LogP contribution < -0.4 is 5.56 Å². The van der Waals surface area contributed by atoms with Crippen molar-refractivity contribution in [3.8, 4) is 0 Å². The molecular weight excluding hydrogens is 205 g/mol. The molecule has 0 fully saturated rings. The van der Waals surface area contributed by atoms with Crippen LogP contribution in [0.1, 0.15) is 0 Å². The summed E-state index contributed by atoms with van der Waals surface area (Å²) in [5.41, 5.74) is -0.0603. The van der Waals surface area contributed by atoms with Crippen molar-refractivity contribution < 1.29 is 0 Å². The Morgan fingerprint density at radius 1 is 1.82 bits per heavy atom. The highest BCUT2D eigenvalue weighted by Gasteiger charge is 1.97. The van der Waals surface area contributed by atoms with Crippen molar-refractivity contribution in [2.75, 3.05) is 0 Å². The standard InChI is InChI=1S/C6H6ClNOS.ClH/c1-2-3-8-6(9)4-5(7)10-8;/h2,4H,1,3H2;1H. The first-order valence-corrected chi connectivity index (χ1v) is 3.86. The second-order valence-electron chi connectivity index (χ2n) is 1.73. The van der Waals surface area contributed by atoms with E-state index in [1.807, 2.05) is 0 Å². The van der Waals surface area contributed by atoms with Crippen LogP contribution in [0.2, 0.25) is 4.34 Å².